The summed E-state index contributed by atoms with van der Waals surface area (Å²) >= 11 is 0. The summed E-state index contributed by atoms with van der Waals surface area (Å²) in [6.45, 7) is 5.45. The molecule has 0 radical (unpaired) electrons. The number of nitrogens with zero attached hydrogens (tertiary/aromatic N) is 4. The Morgan fingerprint density at radius 3 is 1.93 bits per heavy atom. The van der Waals surface area contributed by atoms with Gasteiger partial charge in [0.15, 0.2) is 11.5 Å². The fourth-order valence-corrected chi connectivity index (χ4v) is 9.46. The van der Waals surface area contributed by atoms with Gasteiger partial charge in [0.2, 0.25) is 0 Å². The standard InChI is InChI=1S/C49H48N4O/c1-4-6-28-48(29-7-5-2)39-19-8-10-21-41(39)49(47-25-14-15-30-50-47,42-22-11-9-20-40(42)48)36-26-27-46-44(33-36)53(43-23-12-13-24-45(43)54-46)38-18-16-17-37(34-38)52-32-31-51(3)35-52/h8-27,30-34H,4-7,28-29,35H2,1-3H3. The molecule has 1 aliphatic carbocycles. The van der Waals surface area contributed by atoms with E-state index in [9.17, 15) is 0 Å². The normalized spacial score (nSPS) is 15.9. The lowest BCUT2D eigenvalue weighted by molar-refractivity contribution is 0.383. The summed E-state index contributed by atoms with van der Waals surface area (Å²) in [7, 11) is 2.10. The van der Waals surface area contributed by atoms with Crippen LogP contribution in [0.2, 0.25) is 0 Å². The Morgan fingerprint density at radius 1 is 0.611 bits per heavy atom. The van der Waals surface area contributed by atoms with Gasteiger partial charge >= 0.3 is 0 Å². The summed E-state index contributed by atoms with van der Waals surface area (Å²) in [5.41, 5.74) is 11.2. The second kappa shape index (κ2) is 13.9. The van der Waals surface area contributed by atoms with Crippen molar-refractivity contribution >= 4 is 22.7 Å². The van der Waals surface area contributed by atoms with Crippen molar-refractivity contribution < 1.29 is 4.74 Å². The van der Waals surface area contributed by atoms with Gasteiger partial charge in [-0.05, 0) is 95.3 Å². The zero-order chi connectivity index (χ0) is 36.7. The average Bonchev–Trinajstić information content (AvgIpc) is 3.67. The van der Waals surface area contributed by atoms with Crippen LogP contribution in [0.15, 0.2) is 152 Å². The molecule has 5 heteroatoms. The first kappa shape index (κ1) is 34.0. The number of hydrogen-bond donors (Lipinski definition) is 0. The Labute approximate surface area is 320 Å². The third kappa shape index (κ3) is 5.32. The highest BCUT2D eigenvalue weighted by molar-refractivity contribution is 5.88. The largest absolute Gasteiger partial charge is 0.453 e. The molecule has 9 rings (SSSR count). The van der Waals surface area contributed by atoms with Gasteiger partial charge in [-0.1, -0.05) is 118 Å². The van der Waals surface area contributed by atoms with Crippen molar-refractivity contribution in [3.05, 3.63) is 186 Å². The van der Waals surface area contributed by atoms with Gasteiger partial charge in [0, 0.05) is 42.4 Å². The highest BCUT2D eigenvalue weighted by Gasteiger charge is 2.52. The lowest BCUT2D eigenvalue weighted by Gasteiger charge is -2.50. The molecule has 0 atom stereocenters. The minimum absolute atomic E-state index is 0.0850. The van der Waals surface area contributed by atoms with Crippen LogP contribution in [0.1, 0.15) is 85.9 Å². The van der Waals surface area contributed by atoms with Gasteiger partial charge in [-0.2, -0.15) is 0 Å². The quantitative estimate of drug-likeness (QED) is 0.141. The molecule has 0 saturated heterocycles. The summed E-state index contributed by atoms with van der Waals surface area (Å²) in [4.78, 5) is 12.1. The summed E-state index contributed by atoms with van der Waals surface area (Å²) < 4.78 is 6.73. The molecule has 270 valence electrons. The van der Waals surface area contributed by atoms with Gasteiger partial charge in [-0.3, -0.25) is 4.98 Å². The van der Waals surface area contributed by atoms with Gasteiger partial charge in [-0.15, -0.1) is 0 Å². The van der Waals surface area contributed by atoms with E-state index in [2.05, 4.69) is 169 Å². The van der Waals surface area contributed by atoms with Gasteiger partial charge < -0.3 is 19.4 Å². The molecule has 1 aromatic heterocycles. The first-order valence-electron chi connectivity index (χ1n) is 19.7. The van der Waals surface area contributed by atoms with E-state index in [1.807, 2.05) is 18.3 Å². The minimum Gasteiger partial charge on any atom is -0.453 e. The van der Waals surface area contributed by atoms with Crippen LogP contribution in [0, 0.1) is 0 Å². The first-order chi connectivity index (χ1) is 26.6. The molecular weight excluding hydrogens is 661 g/mol. The SMILES string of the molecule is CCCCC1(CCCC)c2ccccc2C(c2ccc3c(c2)N(c2cccc(N4C=CN(C)C4)c2)c2ccccc2O3)(c2ccccn2)c2ccccc21. The molecule has 0 N–H and O–H groups in total. The average molecular weight is 709 g/mol. The molecule has 0 saturated carbocycles. The lowest BCUT2D eigenvalue weighted by Crippen LogP contribution is -2.44. The van der Waals surface area contributed by atoms with Crippen LogP contribution < -0.4 is 14.5 Å². The first-order valence-corrected chi connectivity index (χ1v) is 19.7. The smallest absolute Gasteiger partial charge is 0.151 e. The van der Waals surface area contributed by atoms with Crippen molar-refractivity contribution in [2.24, 2.45) is 0 Å². The van der Waals surface area contributed by atoms with Gasteiger partial charge in [-0.25, -0.2) is 0 Å². The van der Waals surface area contributed by atoms with E-state index in [0.717, 1.165) is 72.3 Å². The molecule has 0 bridgehead atoms. The fraction of sp³-hybridized carbons (Fsp3) is 0.245. The number of benzene rings is 5. The molecule has 5 nitrogen and oxygen atoms in total. The fourth-order valence-electron chi connectivity index (χ4n) is 9.46. The Morgan fingerprint density at radius 2 is 1.26 bits per heavy atom. The van der Waals surface area contributed by atoms with E-state index in [0.29, 0.717) is 0 Å². The number of ether oxygens (including phenoxy) is 1. The van der Waals surface area contributed by atoms with Crippen molar-refractivity contribution in [3.8, 4) is 11.5 Å². The predicted octanol–water partition coefficient (Wildman–Crippen LogP) is 12.2. The second-order valence-electron chi connectivity index (χ2n) is 15.1. The van der Waals surface area contributed by atoms with Gasteiger partial charge in [0.1, 0.15) is 0 Å². The van der Waals surface area contributed by atoms with E-state index < -0.39 is 5.41 Å². The van der Waals surface area contributed by atoms with E-state index in [4.69, 9.17) is 9.72 Å². The number of unbranched alkanes of at least 4 members (excludes halogenated alkanes) is 2. The van der Waals surface area contributed by atoms with E-state index in [-0.39, 0.29) is 5.41 Å². The molecule has 6 aromatic rings. The van der Waals surface area contributed by atoms with Crippen LogP contribution in [0.25, 0.3) is 0 Å². The molecule has 3 heterocycles. The summed E-state index contributed by atoms with van der Waals surface area (Å²) in [6.07, 6.45) is 13.1. The van der Waals surface area contributed by atoms with Crippen molar-refractivity contribution in [2.45, 2.75) is 63.2 Å². The molecule has 2 aliphatic heterocycles. The Balaban J connectivity index is 1.31. The maximum Gasteiger partial charge on any atom is 0.151 e. The van der Waals surface area contributed by atoms with Crippen LogP contribution >= 0.6 is 0 Å². The van der Waals surface area contributed by atoms with Crippen molar-refractivity contribution in [3.63, 3.8) is 0 Å². The zero-order valence-corrected chi connectivity index (χ0v) is 31.6. The molecule has 0 fully saturated rings. The zero-order valence-electron chi connectivity index (χ0n) is 31.6. The van der Waals surface area contributed by atoms with E-state index in [1.54, 1.807) is 0 Å². The highest BCUT2D eigenvalue weighted by Crippen LogP contribution is 2.60. The number of pyridine rings is 1. The lowest BCUT2D eigenvalue weighted by atomic mass is 9.52. The summed E-state index contributed by atoms with van der Waals surface area (Å²) in [5.74, 6) is 1.67. The third-order valence-electron chi connectivity index (χ3n) is 11.9. The molecule has 0 unspecified atom stereocenters. The number of para-hydroxylation sites is 2. The van der Waals surface area contributed by atoms with Crippen LogP contribution in [0.5, 0.6) is 11.5 Å². The maximum absolute atomic E-state index is 6.73. The van der Waals surface area contributed by atoms with Gasteiger partial charge in [0.05, 0.1) is 29.2 Å². The minimum atomic E-state index is -0.666. The molecule has 5 aromatic carbocycles. The molecular formula is C49H48N4O. The summed E-state index contributed by atoms with van der Waals surface area (Å²) in [6, 6.07) is 49.1. The monoisotopic (exact) mass is 708 g/mol. The van der Waals surface area contributed by atoms with E-state index in [1.165, 1.54) is 40.7 Å². The van der Waals surface area contributed by atoms with E-state index >= 15 is 0 Å². The third-order valence-corrected chi connectivity index (χ3v) is 11.9. The number of rotatable bonds is 10. The molecule has 54 heavy (non-hydrogen) atoms. The maximum atomic E-state index is 6.73. The van der Waals surface area contributed by atoms with Crippen LogP contribution in [0.4, 0.5) is 22.7 Å². The number of aromatic nitrogens is 1. The van der Waals surface area contributed by atoms with Crippen molar-refractivity contribution in [1.82, 2.24) is 9.88 Å². The van der Waals surface area contributed by atoms with Crippen LogP contribution in [0.3, 0.4) is 0 Å². The Hall–Kier alpha value is -5.81. The van der Waals surface area contributed by atoms with Crippen LogP contribution in [-0.2, 0) is 10.8 Å². The molecule has 0 spiro atoms. The van der Waals surface area contributed by atoms with Crippen molar-refractivity contribution in [2.75, 3.05) is 23.5 Å². The van der Waals surface area contributed by atoms with Crippen LogP contribution in [-0.4, -0.2) is 23.6 Å². The number of fused-ring (bicyclic) bond motifs is 4. The Bertz CT molecular complexity index is 2270. The second-order valence-corrected chi connectivity index (χ2v) is 15.1. The highest BCUT2D eigenvalue weighted by atomic mass is 16.5. The van der Waals surface area contributed by atoms with Crippen molar-refractivity contribution in [1.29, 1.82) is 0 Å². The Kier molecular flexibility index (Phi) is 8.73. The topological polar surface area (TPSA) is 31.8 Å². The van der Waals surface area contributed by atoms with Gasteiger partial charge in [0.25, 0.3) is 0 Å². The predicted molar refractivity (Wildman–Crippen MR) is 221 cm³/mol. The molecule has 0 amide bonds. The molecule has 3 aliphatic rings. The summed E-state index contributed by atoms with van der Waals surface area (Å²) in [5, 5.41) is 0. The number of anilines is 4. The number of hydrogen-bond acceptors (Lipinski definition) is 5.